The van der Waals surface area contributed by atoms with Crippen LogP contribution in [0.4, 0.5) is 5.69 Å². The summed E-state index contributed by atoms with van der Waals surface area (Å²) in [4.78, 5) is 0. The van der Waals surface area contributed by atoms with Crippen LogP contribution in [0.2, 0.25) is 0 Å². The Balaban J connectivity index is 2.57. The molecule has 0 aliphatic carbocycles. The second-order valence-corrected chi connectivity index (χ2v) is 4.03. The zero-order valence-corrected chi connectivity index (χ0v) is 10.1. The lowest BCUT2D eigenvalue weighted by molar-refractivity contribution is 0.175. The van der Waals surface area contributed by atoms with Gasteiger partial charge in [0, 0.05) is 12.2 Å². The van der Waals surface area contributed by atoms with Crippen LogP contribution in [-0.4, -0.2) is 18.2 Å². The molecule has 0 saturated carbocycles. The van der Waals surface area contributed by atoms with Gasteiger partial charge in [-0.25, -0.2) is 0 Å². The number of hydrogen-bond acceptors (Lipinski definition) is 4. The van der Waals surface area contributed by atoms with Crippen molar-refractivity contribution in [3.05, 3.63) is 29.3 Å². The fourth-order valence-corrected chi connectivity index (χ4v) is 1.54. The largest absolute Gasteiger partial charge is 0.398 e. The van der Waals surface area contributed by atoms with Gasteiger partial charge in [-0.15, -0.1) is 0 Å². The number of nitriles is 1. The van der Waals surface area contributed by atoms with Crippen LogP contribution >= 0.6 is 0 Å². The van der Waals surface area contributed by atoms with Gasteiger partial charge in [-0.2, -0.15) is 5.26 Å². The van der Waals surface area contributed by atoms with Crippen LogP contribution in [0.1, 0.15) is 37.0 Å². The van der Waals surface area contributed by atoms with Crippen molar-refractivity contribution in [2.45, 2.75) is 25.9 Å². The topological polar surface area (TPSA) is 82.1 Å². The molecule has 0 radical (unpaired) electrons. The highest BCUT2D eigenvalue weighted by Gasteiger charge is 2.09. The number of hydrogen-bond donors (Lipinski definition) is 3. The first-order chi connectivity index (χ1) is 8.19. The van der Waals surface area contributed by atoms with Crippen molar-refractivity contribution in [3.63, 3.8) is 0 Å². The highest BCUT2D eigenvalue weighted by atomic mass is 16.3. The SMILES string of the molecule is CCCCNCC(O)c1ccc(N)c(C#N)c1. The number of rotatable bonds is 6. The second kappa shape index (κ2) is 6.89. The lowest BCUT2D eigenvalue weighted by Gasteiger charge is -2.12. The molecule has 4 nitrogen and oxygen atoms in total. The molecule has 0 aliphatic heterocycles. The third-order valence-electron chi connectivity index (χ3n) is 2.63. The van der Waals surface area contributed by atoms with Gasteiger partial charge in [-0.05, 0) is 30.7 Å². The van der Waals surface area contributed by atoms with E-state index in [1.165, 1.54) is 0 Å². The third-order valence-corrected chi connectivity index (χ3v) is 2.63. The van der Waals surface area contributed by atoms with E-state index in [2.05, 4.69) is 12.2 Å². The standard InChI is InChI=1S/C13H19N3O/c1-2-3-6-16-9-13(17)10-4-5-12(15)11(7-10)8-14/h4-5,7,13,16-17H,2-3,6,9,15H2,1H3. The number of nitrogens with zero attached hydrogens (tertiary/aromatic N) is 1. The van der Waals surface area contributed by atoms with Gasteiger partial charge in [0.25, 0.3) is 0 Å². The number of aliphatic hydroxyl groups is 1. The van der Waals surface area contributed by atoms with Crippen LogP contribution in [-0.2, 0) is 0 Å². The van der Waals surface area contributed by atoms with Gasteiger partial charge in [-0.1, -0.05) is 19.4 Å². The van der Waals surface area contributed by atoms with Crippen LogP contribution in [0.5, 0.6) is 0 Å². The normalized spacial score (nSPS) is 12.1. The van der Waals surface area contributed by atoms with Crippen molar-refractivity contribution >= 4 is 5.69 Å². The van der Waals surface area contributed by atoms with E-state index in [0.29, 0.717) is 17.8 Å². The predicted octanol–water partition coefficient (Wildman–Crippen LogP) is 1.56. The van der Waals surface area contributed by atoms with E-state index < -0.39 is 6.10 Å². The Bertz CT molecular complexity index is 398. The molecule has 1 rings (SSSR count). The van der Waals surface area contributed by atoms with Gasteiger partial charge in [-0.3, -0.25) is 0 Å². The number of unbranched alkanes of at least 4 members (excludes halogenated alkanes) is 1. The summed E-state index contributed by atoms with van der Waals surface area (Å²) in [6.45, 7) is 3.51. The van der Waals surface area contributed by atoms with Gasteiger partial charge in [0.05, 0.1) is 11.7 Å². The Morgan fingerprint density at radius 1 is 1.53 bits per heavy atom. The number of nitrogens with one attached hydrogen (secondary N) is 1. The molecular weight excluding hydrogens is 214 g/mol. The van der Waals surface area contributed by atoms with Crippen LogP contribution < -0.4 is 11.1 Å². The number of nitrogen functional groups attached to an aromatic ring is 1. The zero-order chi connectivity index (χ0) is 12.7. The van der Waals surface area contributed by atoms with Crippen LogP contribution in [0, 0.1) is 11.3 Å². The summed E-state index contributed by atoms with van der Waals surface area (Å²) in [6.07, 6.45) is 1.63. The van der Waals surface area contributed by atoms with Crippen LogP contribution in [0.15, 0.2) is 18.2 Å². The Hall–Kier alpha value is -1.57. The van der Waals surface area contributed by atoms with E-state index in [1.807, 2.05) is 6.07 Å². The molecule has 1 aromatic rings. The van der Waals surface area contributed by atoms with Crippen molar-refractivity contribution in [2.24, 2.45) is 0 Å². The predicted molar refractivity (Wildman–Crippen MR) is 68.3 cm³/mol. The third kappa shape index (κ3) is 4.06. The molecule has 0 heterocycles. The maximum atomic E-state index is 9.92. The van der Waals surface area contributed by atoms with Crippen molar-refractivity contribution in [1.29, 1.82) is 5.26 Å². The fraction of sp³-hybridized carbons (Fsp3) is 0.462. The van der Waals surface area contributed by atoms with Crippen molar-refractivity contribution in [1.82, 2.24) is 5.32 Å². The van der Waals surface area contributed by atoms with E-state index in [1.54, 1.807) is 18.2 Å². The van der Waals surface area contributed by atoms with Crippen molar-refractivity contribution in [3.8, 4) is 6.07 Å². The summed E-state index contributed by atoms with van der Waals surface area (Å²) in [5, 5.41) is 21.9. The summed E-state index contributed by atoms with van der Waals surface area (Å²) in [6, 6.07) is 7.06. The first kappa shape index (κ1) is 13.5. The Morgan fingerprint density at radius 3 is 2.94 bits per heavy atom. The molecule has 4 N–H and O–H groups in total. The van der Waals surface area contributed by atoms with Gasteiger partial charge in [0.15, 0.2) is 0 Å². The first-order valence-corrected chi connectivity index (χ1v) is 5.87. The number of anilines is 1. The number of benzene rings is 1. The molecule has 0 aliphatic rings. The van der Waals surface area contributed by atoms with E-state index >= 15 is 0 Å². The summed E-state index contributed by atoms with van der Waals surface area (Å²) in [5.74, 6) is 0. The van der Waals surface area contributed by atoms with E-state index in [-0.39, 0.29) is 0 Å². The maximum Gasteiger partial charge on any atom is 0.101 e. The van der Waals surface area contributed by atoms with Gasteiger partial charge < -0.3 is 16.2 Å². The van der Waals surface area contributed by atoms with Crippen molar-refractivity contribution in [2.75, 3.05) is 18.8 Å². The Kier molecular flexibility index (Phi) is 5.47. The minimum Gasteiger partial charge on any atom is -0.398 e. The summed E-state index contributed by atoms with van der Waals surface area (Å²) in [7, 11) is 0. The molecule has 0 aromatic heterocycles. The lowest BCUT2D eigenvalue weighted by Crippen LogP contribution is -2.22. The number of nitrogens with two attached hydrogens (primary N) is 1. The van der Waals surface area contributed by atoms with Gasteiger partial charge >= 0.3 is 0 Å². The molecule has 92 valence electrons. The molecule has 0 spiro atoms. The molecule has 1 atom stereocenters. The van der Waals surface area contributed by atoms with Crippen molar-refractivity contribution < 1.29 is 5.11 Å². The molecule has 0 amide bonds. The van der Waals surface area contributed by atoms with E-state index in [4.69, 9.17) is 11.0 Å². The molecule has 0 saturated heterocycles. The molecule has 0 fully saturated rings. The first-order valence-electron chi connectivity index (χ1n) is 5.87. The summed E-state index contributed by atoms with van der Waals surface area (Å²) >= 11 is 0. The molecule has 0 bridgehead atoms. The lowest BCUT2D eigenvalue weighted by atomic mass is 10.0. The average Bonchev–Trinajstić information content (AvgIpc) is 2.35. The molecular formula is C13H19N3O. The van der Waals surface area contributed by atoms with Gasteiger partial charge in [0.1, 0.15) is 6.07 Å². The average molecular weight is 233 g/mol. The number of aliphatic hydroxyl groups excluding tert-OH is 1. The monoisotopic (exact) mass is 233 g/mol. The molecule has 1 unspecified atom stereocenters. The minimum absolute atomic E-state index is 0.412. The molecule has 17 heavy (non-hydrogen) atoms. The van der Waals surface area contributed by atoms with E-state index in [9.17, 15) is 5.11 Å². The van der Waals surface area contributed by atoms with Crippen LogP contribution in [0.3, 0.4) is 0 Å². The summed E-state index contributed by atoms with van der Waals surface area (Å²) in [5.41, 5.74) is 7.20. The summed E-state index contributed by atoms with van der Waals surface area (Å²) < 4.78 is 0. The highest BCUT2D eigenvalue weighted by molar-refractivity contribution is 5.55. The fourth-order valence-electron chi connectivity index (χ4n) is 1.54. The molecule has 1 aromatic carbocycles. The quantitative estimate of drug-likeness (QED) is 0.514. The minimum atomic E-state index is -0.598. The van der Waals surface area contributed by atoms with E-state index in [0.717, 1.165) is 24.9 Å². The maximum absolute atomic E-state index is 9.92. The van der Waals surface area contributed by atoms with Gasteiger partial charge in [0.2, 0.25) is 0 Å². The second-order valence-electron chi connectivity index (χ2n) is 4.03. The Morgan fingerprint density at radius 2 is 2.29 bits per heavy atom. The smallest absolute Gasteiger partial charge is 0.101 e. The Labute approximate surface area is 102 Å². The molecule has 4 heteroatoms. The highest BCUT2D eigenvalue weighted by Crippen LogP contribution is 2.18. The van der Waals surface area contributed by atoms with Crippen LogP contribution in [0.25, 0.3) is 0 Å². The zero-order valence-electron chi connectivity index (χ0n) is 10.1.